The largest absolute Gasteiger partial charge is 0.332 e. The Morgan fingerprint density at radius 2 is 1.16 bits per heavy atom. The molecule has 0 bridgehead atoms. The Labute approximate surface area is 291 Å². The molecule has 8 aromatic carbocycles. The molecule has 1 atom stereocenters. The average Bonchev–Trinajstić information content (AvgIpc) is 3.40. The fourth-order valence-corrected chi connectivity index (χ4v) is 8.30. The van der Waals surface area contributed by atoms with Gasteiger partial charge in [0.2, 0.25) is 0 Å². The second kappa shape index (κ2) is 11.2. The molecule has 0 fully saturated rings. The van der Waals surface area contributed by atoms with Crippen molar-refractivity contribution >= 4 is 60.8 Å². The molecule has 0 radical (unpaired) electrons. The van der Waals surface area contributed by atoms with Gasteiger partial charge in [-0.05, 0) is 93.3 Å². The number of hydrogen-bond donors (Lipinski definition) is 0. The molecule has 50 heavy (non-hydrogen) atoms. The zero-order valence-electron chi connectivity index (χ0n) is 27.8. The highest BCUT2D eigenvalue weighted by atomic mass is 15.2. The summed E-state index contributed by atoms with van der Waals surface area (Å²) >= 11 is 0. The number of para-hydroxylation sites is 1. The van der Waals surface area contributed by atoms with Crippen LogP contribution >= 0.6 is 0 Å². The van der Waals surface area contributed by atoms with Gasteiger partial charge in [0, 0.05) is 38.9 Å². The maximum Gasteiger partial charge on any atom is 0.0992 e. The molecule has 4 nitrogen and oxygen atoms in total. The Balaban J connectivity index is 1.32. The van der Waals surface area contributed by atoms with Gasteiger partial charge in [0.1, 0.15) is 0 Å². The van der Waals surface area contributed by atoms with Crippen molar-refractivity contribution in [1.29, 1.82) is 10.5 Å². The Hall–Kier alpha value is -6.62. The zero-order chi connectivity index (χ0) is 34.0. The van der Waals surface area contributed by atoms with Crippen molar-refractivity contribution in [2.45, 2.75) is 25.3 Å². The molecule has 0 spiro atoms. The minimum absolute atomic E-state index is 0.0164. The van der Waals surface area contributed by atoms with Crippen LogP contribution in [0.2, 0.25) is 0 Å². The summed E-state index contributed by atoms with van der Waals surface area (Å²) in [4.78, 5) is 4.76. The van der Waals surface area contributed by atoms with Gasteiger partial charge in [0.15, 0.2) is 0 Å². The van der Waals surface area contributed by atoms with Gasteiger partial charge in [-0.15, -0.1) is 0 Å². The number of rotatable bonds is 5. The van der Waals surface area contributed by atoms with Crippen LogP contribution in [0.1, 0.15) is 42.1 Å². The molecule has 0 aromatic heterocycles. The molecule has 0 saturated carbocycles. The lowest BCUT2D eigenvalue weighted by atomic mass is 9.77. The van der Waals surface area contributed by atoms with E-state index in [9.17, 15) is 10.5 Å². The predicted octanol–water partition coefficient (Wildman–Crippen LogP) is 12.0. The quantitative estimate of drug-likeness (QED) is 0.176. The lowest BCUT2D eigenvalue weighted by molar-refractivity contribution is 0.449. The summed E-state index contributed by atoms with van der Waals surface area (Å²) in [6, 6.07) is 57.7. The summed E-state index contributed by atoms with van der Waals surface area (Å²) in [5.41, 5.74) is 8.73. The Kier molecular flexibility index (Phi) is 6.63. The van der Waals surface area contributed by atoms with Crippen molar-refractivity contribution in [2.75, 3.05) is 9.80 Å². The fourth-order valence-electron chi connectivity index (χ4n) is 8.30. The normalized spacial score (nSPS) is 14.9. The van der Waals surface area contributed by atoms with E-state index in [-0.39, 0.29) is 11.5 Å². The number of benzene rings is 8. The number of nitrogens with zero attached hydrogens (tertiary/aromatic N) is 4. The summed E-state index contributed by atoms with van der Waals surface area (Å²) in [5.74, 6) is 0. The third-order valence-electron chi connectivity index (χ3n) is 10.5. The average molecular weight is 641 g/mol. The molecule has 1 aliphatic heterocycles. The molecule has 9 rings (SSSR count). The first kappa shape index (κ1) is 29.5. The Bertz CT molecular complexity index is 2660. The minimum Gasteiger partial charge on any atom is -0.332 e. The number of nitriles is 2. The monoisotopic (exact) mass is 640 g/mol. The molecule has 1 heterocycles. The molecule has 4 heteroatoms. The van der Waals surface area contributed by atoms with Crippen molar-refractivity contribution in [3.05, 3.63) is 174 Å². The highest BCUT2D eigenvalue weighted by Crippen LogP contribution is 2.57. The van der Waals surface area contributed by atoms with Crippen LogP contribution in [-0.4, -0.2) is 0 Å². The van der Waals surface area contributed by atoms with E-state index in [2.05, 4.69) is 157 Å². The van der Waals surface area contributed by atoms with Crippen LogP contribution < -0.4 is 9.80 Å². The topological polar surface area (TPSA) is 54.1 Å². The smallest absolute Gasteiger partial charge is 0.0992 e. The zero-order valence-corrected chi connectivity index (χ0v) is 27.8. The van der Waals surface area contributed by atoms with Crippen LogP contribution in [-0.2, 0) is 5.41 Å². The van der Waals surface area contributed by atoms with Gasteiger partial charge in [0.05, 0.1) is 35.0 Å². The van der Waals surface area contributed by atoms with Crippen molar-refractivity contribution in [1.82, 2.24) is 0 Å². The van der Waals surface area contributed by atoms with E-state index < -0.39 is 0 Å². The number of fused-ring (bicyclic) bond motifs is 1. The summed E-state index contributed by atoms with van der Waals surface area (Å²) in [5, 5.41) is 26.8. The van der Waals surface area contributed by atoms with Crippen LogP contribution in [0.3, 0.4) is 0 Å². The first-order valence-corrected chi connectivity index (χ1v) is 16.9. The molecular formula is C46H32N4. The molecule has 0 saturated heterocycles. The maximum atomic E-state index is 9.86. The highest BCUT2D eigenvalue weighted by molar-refractivity contribution is 6.28. The first-order chi connectivity index (χ1) is 24.5. The van der Waals surface area contributed by atoms with Crippen molar-refractivity contribution in [3.8, 4) is 12.1 Å². The van der Waals surface area contributed by atoms with E-state index in [0.29, 0.717) is 11.1 Å². The molecule has 0 amide bonds. The molecule has 236 valence electrons. The van der Waals surface area contributed by atoms with E-state index in [0.717, 1.165) is 33.8 Å². The van der Waals surface area contributed by atoms with Gasteiger partial charge >= 0.3 is 0 Å². The number of hydrogen-bond acceptors (Lipinski definition) is 4. The molecule has 1 unspecified atom stereocenters. The second-order valence-electron chi connectivity index (χ2n) is 13.7. The van der Waals surface area contributed by atoms with E-state index in [4.69, 9.17) is 0 Å². The Morgan fingerprint density at radius 1 is 0.560 bits per heavy atom. The molecule has 1 aliphatic rings. The van der Waals surface area contributed by atoms with Crippen LogP contribution in [0.5, 0.6) is 0 Å². The second-order valence-corrected chi connectivity index (χ2v) is 13.7. The summed E-state index contributed by atoms with van der Waals surface area (Å²) in [6.07, 6.45) is 0. The first-order valence-electron chi connectivity index (χ1n) is 16.9. The van der Waals surface area contributed by atoms with Crippen molar-refractivity contribution in [2.24, 2.45) is 0 Å². The lowest BCUT2D eigenvalue weighted by Crippen LogP contribution is -2.31. The Morgan fingerprint density at radius 3 is 1.90 bits per heavy atom. The standard InChI is InChI=1S/C46H32N4/c1-46(2)39-27-31(29-48)16-23-42(39)50(45(46)34-11-5-3-6-12-34)41-25-20-33-17-21-37-40(24-19-32-18-22-38(41)44(33)43(32)37)49(35-13-7-4-8-14-35)36-15-9-10-30(26-36)28-47/h3-27,45H,1-2H3. The predicted molar refractivity (Wildman–Crippen MR) is 205 cm³/mol. The van der Waals surface area contributed by atoms with E-state index in [1.54, 1.807) is 0 Å². The summed E-state index contributed by atoms with van der Waals surface area (Å²) < 4.78 is 0. The lowest BCUT2D eigenvalue weighted by Gasteiger charge is -2.36. The van der Waals surface area contributed by atoms with E-state index in [1.165, 1.54) is 38.1 Å². The molecule has 8 aromatic rings. The van der Waals surface area contributed by atoms with E-state index >= 15 is 0 Å². The van der Waals surface area contributed by atoms with Crippen molar-refractivity contribution in [3.63, 3.8) is 0 Å². The van der Waals surface area contributed by atoms with Gasteiger partial charge in [-0.3, -0.25) is 0 Å². The van der Waals surface area contributed by atoms with Gasteiger partial charge in [-0.25, -0.2) is 0 Å². The maximum absolute atomic E-state index is 9.86. The van der Waals surface area contributed by atoms with Crippen molar-refractivity contribution < 1.29 is 0 Å². The third-order valence-corrected chi connectivity index (χ3v) is 10.5. The van der Waals surface area contributed by atoms with Gasteiger partial charge in [0.25, 0.3) is 0 Å². The molecule has 0 aliphatic carbocycles. The van der Waals surface area contributed by atoms with Crippen LogP contribution in [0.4, 0.5) is 28.4 Å². The van der Waals surface area contributed by atoms with Crippen LogP contribution in [0.25, 0.3) is 32.3 Å². The summed E-state index contributed by atoms with van der Waals surface area (Å²) in [6.45, 7) is 4.60. The van der Waals surface area contributed by atoms with Crippen LogP contribution in [0.15, 0.2) is 152 Å². The van der Waals surface area contributed by atoms with Gasteiger partial charge in [-0.1, -0.05) is 105 Å². The third kappa shape index (κ3) is 4.36. The highest BCUT2D eigenvalue weighted by Gasteiger charge is 2.46. The van der Waals surface area contributed by atoms with Gasteiger partial charge in [-0.2, -0.15) is 10.5 Å². The SMILES string of the molecule is CC1(C)c2cc(C#N)ccc2N(c2ccc3ccc4c(N(c5ccccc5)c5cccc(C#N)c5)ccc5ccc2c3c54)C1c1ccccc1. The van der Waals surface area contributed by atoms with Crippen LogP contribution in [0, 0.1) is 22.7 Å². The van der Waals surface area contributed by atoms with Gasteiger partial charge < -0.3 is 9.80 Å². The number of anilines is 5. The molecule has 0 N–H and O–H groups in total. The molecular weight excluding hydrogens is 609 g/mol. The minimum atomic E-state index is -0.269. The summed E-state index contributed by atoms with van der Waals surface area (Å²) in [7, 11) is 0. The van der Waals surface area contributed by atoms with E-state index in [1.807, 2.05) is 30.3 Å². The fraction of sp³-hybridized carbons (Fsp3) is 0.0870.